The van der Waals surface area contributed by atoms with E-state index in [1.165, 1.54) is 31.7 Å². The normalized spacial score (nSPS) is 20.5. The van der Waals surface area contributed by atoms with Crippen molar-refractivity contribution in [2.75, 3.05) is 11.9 Å². The van der Waals surface area contributed by atoms with E-state index in [9.17, 15) is 4.79 Å². The number of aryl methyl sites for hydroxylation is 1. The molecular weight excluding hydrogens is 230 g/mol. The van der Waals surface area contributed by atoms with Crippen LogP contribution in [0, 0.1) is 18.3 Å². The minimum atomic E-state index is -1.01. The topological polar surface area (TPSA) is 75.1 Å². The van der Waals surface area contributed by atoms with Crippen LogP contribution in [0.1, 0.15) is 41.9 Å². The Labute approximate surface area is 106 Å². The van der Waals surface area contributed by atoms with E-state index >= 15 is 0 Å². The Morgan fingerprint density at radius 1 is 1.50 bits per heavy atom. The fourth-order valence-electron chi connectivity index (χ4n) is 2.60. The molecule has 96 valence electrons. The molecule has 1 aromatic heterocycles. The predicted molar refractivity (Wildman–Crippen MR) is 66.6 cm³/mol. The number of hydrogen-bond donors (Lipinski definition) is 2. The van der Waals surface area contributed by atoms with Gasteiger partial charge in [0.1, 0.15) is 0 Å². The quantitative estimate of drug-likeness (QED) is 0.833. The highest BCUT2D eigenvalue weighted by atomic mass is 16.4. The van der Waals surface area contributed by atoms with Crippen LogP contribution in [0.15, 0.2) is 6.07 Å². The minimum absolute atomic E-state index is 0.0567. The van der Waals surface area contributed by atoms with Crippen molar-refractivity contribution in [2.45, 2.75) is 32.6 Å². The number of carboxylic acid groups (broad SMARTS) is 1. The summed E-state index contributed by atoms with van der Waals surface area (Å²) in [5, 5.41) is 12.2. The zero-order valence-corrected chi connectivity index (χ0v) is 10.4. The molecule has 0 saturated heterocycles. The van der Waals surface area contributed by atoms with E-state index in [0.717, 1.165) is 12.5 Å². The lowest BCUT2D eigenvalue weighted by molar-refractivity contribution is 0.0690. The van der Waals surface area contributed by atoms with Crippen LogP contribution >= 0.6 is 0 Å². The van der Waals surface area contributed by atoms with E-state index in [2.05, 4.69) is 15.3 Å². The fourth-order valence-corrected chi connectivity index (χ4v) is 2.60. The molecule has 3 rings (SSSR count). The minimum Gasteiger partial charge on any atom is -0.477 e. The summed E-state index contributed by atoms with van der Waals surface area (Å²) in [5.74, 6) is 0.306. The summed E-state index contributed by atoms with van der Waals surface area (Å²) in [6.07, 6.45) is 5.25. The molecule has 0 unspecified atom stereocenters. The first kappa shape index (κ1) is 11.4. The van der Waals surface area contributed by atoms with Crippen LogP contribution in [0.25, 0.3) is 0 Å². The van der Waals surface area contributed by atoms with Crippen LogP contribution in [0.3, 0.4) is 0 Å². The van der Waals surface area contributed by atoms with E-state index in [0.29, 0.717) is 17.1 Å². The standard InChI is InChI=1S/C13H17N3O2/c1-8-6-10(11(17)18)16-12(15-8)14-7-13(4-5-13)9-2-3-9/h6,9H,2-5,7H2,1H3,(H,17,18)(H,14,15,16). The van der Waals surface area contributed by atoms with Crippen LogP contribution < -0.4 is 5.32 Å². The van der Waals surface area contributed by atoms with Gasteiger partial charge in [-0.1, -0.05) is 0 Å². The number of hydrogen-bond acceptors (Lipinski definition) is 4. The highest BCUT2D eigenvalue weighted by molar-refractivity contribution is 5.85. The Bertz CT molecular complexity index is 493. The lowest BCUT2D eigenvalue weighted by atomic mass is 10.0. The van der Waals surface area contributed by atoms with Gasteiger partial charge < -0.3 is 10.4 Å². The molecule has 2 N–H and O–H groups in total. The molecular formula is C13H17N3O2. The van der Waals surface area contributed by atoms with Gasteiger partial charge in [-0.15, -0.1) is 0 Å². The van der Waals surface area contributed by atoms with Gasteiger partial charge in [0.15, 0.2) is 5.69 Å². The number of nitrogens with one attached hydrogen (secondary N) is 1. The highest BCUT2D eigenvalue weighted by Gasteiger charge is 2.53. The average molecular weight is 247 g/mol. The number of carbonyl (C=O) groups is 1. The second-order valence-electron chi connectivity index (χ2n) is 5.51. The maximum Gasteiger partial charge on any atom is 0.354 e. The van der Waals surface area contributed by atoms with Gasteiger partial charge in [0.2, 0.25) is 5.95 Å². The molecule has 0 radical (unpaired) electrons. The third kappa shape index (κ3) is 2.17. The van der Waals surface area contributed by atoms with Gasteiger partial charge in [-0.2, -0.15) is 0 Å². The molecule has 5 nitrogen and oxygen atoms in total. The third-order valence-electron chi connectivity index (χ3n) is 4.01. The summed E-state index contributed by atoms with van der Waals surface area (Å²) in [7, 11) is 0. The van der Waals surface area contributed by atoms with Gasteiger partial charge in [-0.3, -0.25) is 0 Å². The third-order valence-corrected chi connectivity index (χ3v) is 4.01. The molecule has 2 fully saturated rings. The number of nitrogens with zero attached hydrogens (tertiary/aromatic N) is 2. The number of aromatic nitrogens is 2. The van der Waals surface area contributed by atoms with Crippen molar-refractivity contribution in [1.82, 2.24) is 9.97 Å². The van der Waals surface area contributed by atoms with Crippen molar-refractivity contribution >= 4 is 11.9 Å². The summed E-state index contributed by atoms with van der Waals surface area (Å²) >= 11 is 0. The van der Waals surface area contributed by atoms with E-state index in [4.69, 9.17) is 5.11 Å². The molecule has 2 saturated carbocycles. The zero-order chi connectivity index (χ0) is 12.8. The molecule has 0 atom stereocenters. The Morgan fingerprint density at radius 2 is 2.22 bits per heavy atom. The highest BCUT2D eigenvalue weighted by Crippen LogP contribution is 2.61. The Kier molecular flexibility index (Phi) is 2.50. The number of carboxylic acids is 1. The van der Waals surface area contributed by atoms with Gasteiger partial charge in [0, 0.05) is 12.2 Å². The van der Waals surface area contributed by atoms with Crippen molar-refractivity contribution < 1.29 is 9.90 Å². The van der Waals surface area contributed by atoms with E-state index in [-0.39, 0.29) is 5.69 Å². The molecule has 0 bridgehead atoms. The predicted octanol–water partition coefficient (Wildman–Crippen LogP) is 2.09. The summed E-state index contributed by atoms with van der Waals surface area (Å²) in [5.41, 5.74) is 1.19. The maximum atomic E-state index is 10.9. The molecule has 2 aliphatic carbocycles. The van der Waals surface area contributed by atoms with Gasteiger partial charge in [-0.05, 0) is 50.0 Å². The average Bonchev–Trinajstić information content (AvgIpc) is 3.17. The van der Waals surface area contributed by atoms with E-state index in [1.54, 1.807) is 6.92 Å². The van der Waals surface area contributed by atoms with Crippen LogP contribution in [0.2, 0.25) is 0 Å². The Hall–Kier alpha value is -1.65. The van der Waals surface area contributed by atoms with E-state index < -0.39 is 5.97 Å². The molecule has 1 heterocycles. The summed E-state index contributed by atoms with van der Waals surface area (Å²) in [6.45, 7) is 2.66. The SMILES string of the molecule is Cc1cc(C(=O)O)nc(NCC2(C3CC3)CC2)n1. The Morgan fingerprint density at radius 3 is 2.78 bits per heavy atom. The largest absolute Gasteiger partial charge is 0.477 e. The number of aromatic carboxylic acids is 1. The van der Waals surface area contributed by atoms with Crippen molar-refractivity contribution in [2.24, 2.45) is 11.3 Å². The van der Waals surface area contributed by atoms with E-state index in [1.807, 2.05) is 0 Å². The van der Waals surface area contributed by atoms with Crippen molar-refractivity contribution in [3.8, 4) is 0 Å². The summed E-state index contributed by atoms with van der Waals surface area (Å²) in [4.78, 5) is 19.2. The smallest absolute Gasteiger partial charge is 0.354 e. The fraction of sp³-hybridized carbons (Fsp3) is 0.615. The van der Waals surface area contributed by atoms with Gasteiger partial charge >= 0.3 is 5.97 Å². The molecule has 1 aromatic rings. The molecule has 0 amide bonds. The maximum absolute atomic E-state index is 10.9. The molecule has 2 aliphatic rings. The first-order chi connectivity index (χ1) is 8.59. The molecule has 18 heavy (non-hydrogen) atoms. The second kappa shape index (κ2) is 3.93. The van der Waals surface area contributed by atoms with Crippen LogP contribution in [-0.4, -0.2) is 27.6 Å². The first-order valence-electron chi connectivity index (χ1n) is 6.42. The molecule has 0 spiro atoms. The Balaban J connectivity index is 1.70. The molecule has 0 aromatic carbocycles. The summed E-state index contributed by atoms with van der Waals surface area (Å²) in [6, 6.07) is 1.49. The second-order valence-corrected chi connectivity index (χ2v) is 5.51. The molecule has 5 heteroatoms. The first-order valence-corrected chi connectivity index (χ1v) is 6.42. The monoisotopic (exact) mass is 247 g/mol. The van der Waals surface area contributed by atoms with Gasteiger partial charge in [-0.25, -0.2) is 14.8 Å². The number of rotatable bonds is 5. The van der Waals surface area contributed by atoms with Crippen molar-refractivity contribution in [1.29, 1.82) is 0 Å². The van der Waals surface area contributed by atoms with Gasteiger partial charge in [0.05, 0.1) is 0 Å². The van der Waals surface area contributed by atoms with Crippen LogP contribution in [-0.2, 0) is 0 Å². The van der Waals surface area contributed by atoms with Gasteiger partial charge in [0.25, 0.3) is 0 Å². The number of anilines is 1. The lowest BCUT2D eigenvalue weighted by Crippen LogP contribution is -2.19. The van der Waals surface area contributed by atoms with Crippen molar-refractivity contribution in [3.63, 3.8) is 0 Å². The van der Waals surface area contributed by atoms with Crippen molar-refractivity contribution in [3.05, 3.63) is 17.5 Å². The zero-order valence-electron chi connectivity index (χ0n) is 10.4. The lowest BCUT2D eigenvalue weighted by Gasteiger charge is -2.15. The summed E-state index contributed by atoms with van der Waals surface area (Å²) < 4.78 is 0. The van der Waals surface area contributed by atoms with Crippen LogP contribution in [0.4, 0.5) is 5.95 Å². The van der Waals surface area contributed by atoms with Crippen LogP contribution in [0.5, 0.6) is 0 Å². The molecule has 0 aliphatic heterocycles.